The van der Waals surface area contributed by atoms with Gasteiger partial charge in [0, 0.05) is 25.0 Å². The summed E-state index contributed by atoms with van der Waals surface area (Å²) < 4.78 is 7.39. The molecule has 7 heteroatoms. The summed E-state index contributed by atoms with van der Waals surface area (Å²) in [5, 5.41) is 18.1. The molecule has 2 saturated heterocycles. The molecule has 0 aliphatic carbocycles. The number of piperidine rings is 1. The van der Waals surface area contributed by atoms with Crippen molar-refractivity contribution in [1.82, 2.24) is 25.1 Å². The molecule has 0 amide bonds. The van der Waals surface area contributed by atoms with Gasteiger partial charge < -0.3 is 10.1 Å². The first-order valence-electron chi connectivity index (χ1n) is 7.92. The second-order valence-electron chi connectivity index (χ2n) is 5.99. The van der Waals surface area contributed by atoms with E-state index in [9.17, 15) is 0 Å². The van der Waals surface area contributed by atoms with Crippen molar-refractivity contribution in [2.24, 2.45) is 0 Å². The molecule has 2 aliphatic heterocycles. The Bertz CT molecular complexity index is 598. The third-order valence-corrected chi connectivity index (χ3v) is 5.43. The summed E-state index contributed by atoms with van der Waals surface area (Å²) in [4.78, 5) is 0.920. The summed E-state index contributed by atoms with van der Waals surface area (Å²) in [5.74, 6) is 1.33. The van der Waals surface area contributed by atoms with Crippen LogP contribution < -0.4 is 5.32 Å². The highest BCUT2D eigenvalue weighted by atomic mass is 32.1. The molecular weight excluding hydrogens is 286 g/mol. The van der Waals surface area contributed by atoms with Crippen LogP contribution in [-0.4, -0.2) is 45.6 Å². The fourth-order valence-corrected chi connectivity index (χ4v) is 4.09. The molecule has 2 aromatic heterocycles. The van der Waals surface area contributed by atoms with Crippen LogP contribution in [0.15, 0.2) is 0 Å². The molecular formula is C14H21N5OS. The molecule has 0 saturated carbocycles. The minimum atomic E-state index is 0.356. The first-order valence-corrected chi connectivity index (χ1v) is 8.74. The smallest absolute Gasteiger partial charge is 0.234 e. The van der Waals surface area contributed by atoms with Crippen LogP contribution in [0.2, 0.25) is 0 Å². The molecule has 1 N–H and O–H groups in total. The number of hydrogen-bond acceptors (Lipinski definition) is 6. The van der Waals surface area contributed by atoms with E-state index in [1.165, 1.54) is 37.2 Å². The van der Waals surface area contributed by atoms with E-state index in [1.807, 2.05) is 4.52 Å². The van der Waals surface area contributed by atoms with Crippen molar-refractivity contribution in [3.05, 3.63) is 10.8 Å². The van der Waals surface area contributed by atoms with Gasteiger partial charge in [0.15, 0.2) is 5.82 Å². The lowest BCUT2D eigenvalue weighted by Gasteiger charge is -2.22. The number of hydrogen-bond donors (Lipinski definition) is 1. The van der Waals surface area contributed by atoms with Crippen molar-refractivity contribution >= 4 is 16.3 Å². The van der Waals surface area contributed by atoms with Gasteiger partial charge in [0.25, 0.3) is 0 Å². The summed E-state index contributed by atoms with van der Waals surface area (Å²) in [5.41, 5.74) is 0. The molecule has 2 aromatic rings. The minimum Gasteiger partial charge on any atom is -0.381 e. The van der Waals surface area contributed by atoms with E-state index in [4.69, 9.17) is 9.84 Å². The maximum atomic E-state index is 5.45. The Morgan fingerprint density at radius 3 is 3.10 bits per heavy atom. The maximum absolute atomic E-state index is 5.45. The zero-order chi connectivity index (χ0) is 14.1. The molecule has 2 fully saturated rings. The van der Waals surface area contributed by atoms with Crippen LogP contribution in [0.4, 0.5) is 0 Å². The number of aryl methyl sites for hydroxylation is 1. The number of aromatic nitrogens is 4. The Hall–Kier alpha value is -1.05. The molecule has 0 aromatic carbocycles. The first kappa shape index (κ1) is 13.6. The molecule has 2 unspecified atom stereocenters. The molecule has 4 heterocycles. The summed E-state index contributed by atoms with van der Waals surface area (Å²) in [7, 11) is 0. The van der Waals surface area contributed by atoms with Gasteiger partial charge in [0.1, 0.15) is 5.01 Å². The lowest BCUT2D eigenvalue weighted by Crippen LogP contribution is -2.34. The lowest BCUT2D eigenvalue weighted by molar-refractivity contribution is 0.193. The molecule has 0 bridgehead atoms. The SMILES string of the molecule is C1CCC(CCc2nn3c(C4CCOC4)nnc3s2)NC1. The summed E-state index contributed by atoms with van der Waals surface area (Å²) in [6, 6.07) is 0.663. The monoisotopic (exact) mass is 307 g/mol. The number of nitrogens with zero attached hydrogens (tertiary/aromatic N) is 4. The van der Waals surface area contributed by atoms with Crippen LogP contribution in [0.25, 0.3) is 4.96 Å². The molecule has 0 radical (unpaired) electrons. The van der Waals surface area contributed by atoms with E-state index < -0.39 is 0 Å². The highest BCUT2D eigenvalue weighted by molar-refractivity contribution is 7.16. The van der Waals surface area contributed by atoms with Crippen LogP contribution in [0.5, 0.6) is 0 Å². The van der Waals surface area contributed by atoms with Gasteiger partial charge in [0.2, 0.25) is 4.96 Å². The highest BCUT2D eigenvalue weighted by Gasteiger charge is 2.25. The molecule has 114 valence electrons. The zero-order valence-corrected chi connectivity index (χ0v) is 12.9. The molecule has 21 heavy (non-hydrogen) atoms. The van der Waals surface area contributed by atoms with Crippen LogP contribution in [0.3, 0.4) is 0 Å². The fourth-order valence-electron chi connectivity index (χ4n) is 3.23. The second-order valence-corrected chi connectivity index (χ2v) is 7.03. The van der Waals surface area contributed by atoms with E-state index in [0.29, 0.717) is 12.0 Å². The fraction of sp³-hybridized carbons (Fsp3) is 0.786. The summed E-state index contributed by atoms with van der Waals surface area (Å²) in [6.45, 7) is 2.74. The third kappa shape index (κ3) is 2.82. The Morgan fingerprint density at radius 2 is 2.29 bits per heavy atom. The van der Waals surface area contributed by atoms with E-state index in [1.54, 1.807) is 11.3 Å². The van der Waals surface area contributed by atoms with Crippen molar-refractivity contribution < 1.29 is 4.74 Å². The zero-order valence-electron chi connectivity index (χ0n) is 12.1. The Kier molecular flexibility index (Phi) is 3.87. The van der Waals surface area contributed by atoms with Crippen molar-refractivity contribution in [1.29, 1.82) is 0 Å². The van der Waals surface area contributed by atoms with E-state index in [0.717, 1.165) is 36.8 Å². The molecule has 0 spiro atoms. The first-order chi connectivity index (χ1) is 10.4. The Balaban J connectivity index is 1.46. The van der Waals surface area contributed by atoms with Gasteiger partial charge in [-0.1, -0.05) is 17.8 Å². The van der Waals surface area contributed by atoms with Crippen molar-refractivity contribution in [3.63, 3.8) is 0 Å². The van der Waals surface area contributed by atoms with E-state index in [2.05, 4.69) is 15.5 Å². The van der Waals surface area contributed by atoms with Gasteiger partial charge in [0.05, 0.1) is 6.61 Å². The molecule has 6 nitrogen and oxygen atoms in total. The van der Waals surface area contributed by atoms with E-state index >= 15 is 0 Å². The average Bonchev–Trinajstić information content (AvgIpc) is 3.22. The minimum absolute atomic E-state index is 0.356. The van der Waals surface area contributed by atoms with Gasteiger partial charge in [-0.15, -0.1) is 10.2 Å². The van der Waals surface area contributed by atoms with Gasteiger partial charge in [-0.05, 0) is 32.2 Å². The molecule has 2 atom stereocenters. The third-order valence-electron chi connectivity index (χ3n) is 4.47. The summed E-state index contributed by atoms with van der Waals surface area (Å²) in [6.07, 6.45) is 7.21. The Morgan fingerprint density at radius 1 is 1.29 bits per heavy atom. The predicted molar refractivity (Wildman–Crippen MR) is 80.8 cm³/mol. The van der Waals surface area contributed by atoms with Crippen molar-refractivity contribution in [2.75, 3.05) is 19.8 Å². The molecule has 4 rings (SSSR count). The number of ether oxygens (including phenoxy) is 1. The predicted octanol–water partition coefficient (Wildman–Crippen LogP) is 1.76. The quantitative estimate of drug-likeness (QED) is 0.932. The molecule has 2 aliphatic rings. The number of fused-ring (bicyclic) bond motifs is 1. The van der Waals surface area contributed by atoms with Gasteiger partial charge in [-0.25, -0.2) is 0 Å². The van der Waals surface area contributed by atoms with Gasteiger partial charge in [-0.3, -0.25) is 0 Å². The van der Waals surface area contributed by atoms with Crippen molar-refractivity contribution in [2.45, 2.75) is 50.5 Å². The largest absolute Gasteiger partial charge is 0.381 e. The maximum Gasteiger partial charge on any atom is 0.234 e. The Labute approximate surface area is 127 Å². The number of nitrogens with one attached hydrogen (secondary N) is 1. The standard InChI is InChI=1S/C14H21N5OS/c1-2-7-15-11(3-1)4-5-12-18-19-13(10-6-8-20-9-10)16-17-14(19)21-12/h10-11,15H,1-9H2. The van der Waals surface area contributed by atoms with Crippen molar-refractivity contribution in [3.8, 4) is 0 Å². The van der Waals surface area contributed by atoms with Gasteiger partial charge >= 0.3 is 0 Å². The lowest BCUT2D eigenvalue weighted by atomic mass is 10.0. The van der Waals surface area contributed by atoms with Crippen LogP contribution in [0.1, 0.15) is 48.9 Å². The van der Waals surface area contributed by atoms with Crippen LogP contribution >= 0.6 is 11.3 Å². The van der Waals surface area contributed by atoms with Crippen LogP contribution in [-0.2, 0) is 11.2 Å². The summed E-state index contributed by atoms with van der Waals surface area (Å²) >= 11 is 1.68. The van der Waals surface area contributed by atoms with E-state index in [-0.39, 0.29) is 0 Å². The highest BCUT2D eigenvalue weighted by Crippen LogP contribution is 2.26. The topological polar surface area (TPSA) is 64.3 Å². The average molecular weight is 307 g/mol. The van der Waals surface area contributed by atoms with Crippen LogP contribution in [0, 0.1) is 0 Å². The second kappa shape index (κ2) is 5.98. The van der Waals surface area contributed by atoms with Gasteiger partial charge in [-0.2, -0.15) is 9.61 Å². The normalized spacial score (nSPS) is 26.7. The number of rotatable bonds is 4.